The van der Waals surface area contributed by atoms with Crippen LogP contribution in [0.25, 0.3) is 0 Å². The van der Waals surface area contributed by atoms with Crippen molar-refractivity contribution in [2.45, 2.75) is 19.5 Å². The van der Waals surface area contributed by atoms with E-state index >= 15 is 0 Å². The lowest BCUT2D eigenvalue weighted by Gasteiger charge is -2.13. The molecule has 104 valence electrons. The summed E-state index contributed by atoms with van der Waals surface area (Å²) in [7, 11) is 1.36. The van der Waals surface area contributed by atoms with Crippen molar-refractivity contribution >= 4 is 12.0 Å². The van der Waals surface area contributed by atoms with Gasteiger partial charge in [0.2, 0.25) is 0 Å². The van der Waals surface area contributed by atoms with E-state index in [0.29, 0.717) is 5.69 Å². The van der Waals surface area contributed by atoms with Gasteiger partial charge in [-0.3, -0.25) is 9.97 Å². The summed E-state index contributed by atoms with van der Waals surface area (Å²) in [5.74, 6) is -1.16. The number of rotatable bonds is 6. The number of carbonyl (C=O) groups is 2. The van der Waals surface area contributed by atoms with E-state index in [0.717, 1.165) is 5.69 Å². The maximum absolute atomic E-state index is 11.5. The number of amides is 2. The normalized spacial score (nSPS) is 11.7. The minimum Gasteiger partial charge on any atom is -0.480 e. The number of carboxylic acid groups (broad SMARTS) is 1. The summed E-state index contributed by atoms with van der Waals surface area (Å²) in [6.45, 7) is 1.87. The standard InChI is InChI=1S/C11H16N4O4/c1-7-3-13-8(4-12-7)5-14-11(18)15-9(6-19-2)10(16)17/h3-4,9H,5-6H2,1-2H3,(H,16,17)(H2,14,15,18). The Bertz CT molecular complexity index is 435. The van der Waals surface area contributed by atoms with Crippen molar-refractivity contribution in [1.82, 2.24) is 20.6 Å². The van der Waals surface area contributed by atoms with E-state index in [9.17, 15) is 9.59 Å². The molecule has 1 unspecified atom stereocenters. The van der Waals surface area contributed by atoms with Gasteiger partial charge in [0.15, 0.2) is 6.04 Å². The number of carbonyl (C=O) groups excluding carboxylic acids is 1. The van der Waals surface area contributed by atoms with Crippen molar-refractivity contribution in [2.75, 3.05) is 13.7 Å². The maximum Gasteiger partial charge on any atom is 0.328 e. The van der Waals surface area contributed by atoms with Gasteiger partial charge in [-0.1, -0.05) is 0 Å². The zero-order chi connectivity index (χ0) is 14.3. The minimum absolute atomic E-state index is 0.104. The molecule has 1 atom stereocenters. The summed E-state index contributed by atoms with van der Waals surface area (Å²) < 4.78 is 4.70. The number of aryl methyl sites for hydroxylation is 1. The van der Waals surface area contributed by atoms with Crippen LogP contribution in [-0.2, 0) is 16.1 Å². The van der Waals surface area contributed by atoms with Crippen LogP contribution in [0.5, 0.6) is 0 Å². The van der Waals surface area contributed by atoms with Gasteiger partial charge in [0.1, 0.15) is 0 Å². The molecule has 0 saturated heterocycles. The molecule has 2 amide bonds. The van der Waals surface area contributed by atoms with Crippen molar-refractivity contribution < 1.29 is 19.4 Å². The first-order valence-electron chi connectivity index (χ1n) is 5.56. The molecule has 0 radical (unpaired) electrons. The summed E-state index contributed by atoms with van der Waals surface area (Å²) in [4.78, 5) is 30.4. The van der Waals surface area contributed by atoms with E-state index in [-0.39, 0.29) is 13.2 Å². The Balaban J connectivity index is 2.42. The third kappa shape index (κ3) is 5.30. The van der Waals surface area contributed by atoms with Gasteiger partial charge in [0, 0.05) is 13.3 Å². The van der Waals surface area contributed by atoms with Crippen molar-refractivity contribution in [3.8, 4) is 0 Å². The first kappa shape index (κ1) is 14.8. The molecule has 0 aliphatic rings. The molecule has 0 spiro atoms. The lowest BCUT2D eigenvalue weighted by Crippen LogP contribution is -2.48. The highest BCUT2D eigenvalue weighted by Gasteiger charge is 2.19. The largest absolute Gasteiger partial charge is 0.480 e. The number of aromatic nitrogens is 2. The highest BCUT2D eigenvalue weighted by molar-refractivity contribution is 5.82. The van der Waals surface area contributed by atoms with Gasteiger partial charge in [-0.15, -0.1) is 0 Å². The summed E-state index contributed by atoms with van der Waals surface area (Å²) in [6.07, 6.45) is 3.12. The topological polar surface area (TPSA) is 113 Å². The van der Waals surface area contributed by atoms with Crippen molar-refractivity contribution in [3.05, 3.63) is 23.8 Å². The first-order valence-corrected chi connectivity index (χ1v) is 5.56. The van der Waals surface area contributed by atoms with E-state index < -0.39 is 18.0 Å². The van der Waals surface area contributed by atoms with Gasteiger partial charge in [-0.05, 0) is 6.92 Å². The van der Waals surface area contributed by atoms with Gasteiger partial charge in [0.05, 0.1) is 30.7 Å². The average molecular weight is 268 g/mol. The third-order valence-electron chi connectivity index (χ3n) is 2.20. The van der Waals surface area contributed by atoms with Gasteiger partial charge in [-0.2, -0.15) is 0 Å². The summed E-state index contributed by atoms with van der Waals surface area (Å²) in [5, 5.41) is 13.6. The van der Waals surface area contributed by atoms with Crippen LogP contribution in [0.4, 0.5) is 4.79 Å². The first-order chi connectivity index (χ1) is 9.02. The van der Waals surface area contributed by atoms with Crippen LogP contribution in [0.1, 0.15) is 11.4 Å². The fourth-order valence-electron chi connectivity index (χ4n) is 1.23. The Hall–Kier alpha value is -2.22. The Morgan fingerprint density at radius 3 is 2.68 bits per heavy atom. The van der Waals surface area contributed by atoms with E-state index in [2.05, 4.69) is 20.6 Å². The quantitative estimate of drug-likeness (QED) is 0.652. The van der Waals surface area contributed by atoms with E-state index in [1.807, 2.05) is 0 Å². The number of methoxy groups -OCH3 is 1. The molecule has 0 fully saturated rings. The van der Waals surface area contributed by atoms with E-state index in [1.54, 1.807) is 19.3 Å². The summed E-state index contributed by atoms with van der Waals surface area (Å²) in [6, 6.07) is -1.69. The molecule has 0 aromatic carbocycles. The monoisotopic (exact) mass is 268 g/mol. The molecule has 0 bridgehead atoms. The SMILES string of the molecule is COCC(NC(=O)NCc1cnc(C)cn1)C(=O)O. The second kappa shape index (κ2) is 7.27. The van der Waals surface area contributed by atoms with Crippen molar-refractivity contribution in [2.24, 2.45) is 0 Å². The lowest BCUT2D eigenvalue weighted by molar-refractivity contribution is -0.140. The Labute approximate surface area is 110 Å². The number of nitrogens with zero attached hydrogens (tertiary/aromatic N) is 2. The average Bonchev–Trinajstić information content (AvgIpc) is 2.37. The zero-order valence-corrected chi connectivity index (χ0v) is 10.7. The van der Waals surface area contributed by atoms with Gasteiger partial charge >= 0.3 is 12.0 Å². The maximum atomic E-state index is 11.5. The number of carboxylic acids is 1. The van der Waals surface area contributed by atoms with Crippen LogP contribution in [0.15, 0.2) is 12.4 Å². The smallest absolute Gasteiger partial charge is 0.328 e. The molecular weight excluding hydrogens is 252 g/mol. The number of hydrogen-bond donors (Lipinski definition) is 3. The van der Waals surface area contributed by atoms with E-state index in [1.165, 1.54) is 7.11 Å². The molecule has 0 saturated carbocycles. The van der Waals surface area contributed by atoms with Crippen LogP contribution in [-0.4, -0.2) is 46.8 Å². The Morgan fingerprint density at radius 1 is 1.42 bits per heavy atom. The Morgan fingerprint density at radius 2 is 2.16 bits per heavy atom. The van der Waals surface area contributed by atoms with Crippen LogP contribution in [0.2, 0.25) is 0 Å². The molecule has 1 aromatic heterocycles. The molecular formula is C11H16N4O4. The number of aliphatic carboxylic acids is 1. The zero-order valence-electron chi connectivity index (χ0n) is 10.7. The molecule has 1 rings (SSSR count). The molecule has 0 aliphatic carbocycles. The molecule has 0 aliphatic heterocycles. The fourth-order valence-corrected chi connectivity index (χ4v) is 1.23. The fraction of sp³-hybridized carbons (Fsp3) is 0.455. The molecule has 3 N–H and O–H groups in total. The molecule has 8 nitrogen and oxygen atoms in total. The van der Waals surface area contributed by atoms with Gasteiger partial charge < -0.3 is 20.5 Å². The number of ether oxygens (including phenoxy) is 1. The summed E-state index contributed by atoms with van der Waals surface area (Å²) in [5.41, 5.74) is 1.36. The predicted molar refractivity (Wildman–Crippen MR) is 65.4 cm³/mol. The predicted octanol–water partition coefficient (Wildman–Crippen LogP) is -0.316. The van der Waals surface area contributed by atoms with Gasteiger partial charge in [-0.25, -0.2) is 9.59 Å². The van der Waals surface area contributed by atoms with Crippen LogP contribution < -0.4 is 10.6 Å². The van der Waals surface area contributed by atoms with Crippen LogP contribution in [0, 0.1) is 6.92 Å². The van der Waals surface area contributed by atoms with Crippen molar-refractivity contribution in [1.29, 1.82) is 0 Å². The number of urea groups is 1. The van der Waals surface area contributed by atoms with Crippen LogP contribution >= 0.6 is 0 Å². The molecule has 1 aromatic rings. The molecule has 1 heterocycles. The number of nitrogens with one attached hydrogen (secondary N) is 2. The number of hydrogen-bond acceptors (Lipinski definition) is 5. The second-order valence-corrected chi connectivity index (χ2v) is 3.82. The van der Waals surface area contributed by atoms with Crippen LogP contribution in [0.3, 0.4) is 0 Å². The Kier molecular flexibility index (Phi) is 5.68. The third-order valence-corrected chi connectivity index (χ3v) is 2.20. The van der Waals surface area contributed by atoms with E-state index in [4.69, 9.17) is 9.84 Å². The highest BCUT2D eigenvalue weighted by atomic mass is 16.5. The highest BCUT2D eigenvalue weighted by Crippen LogP contribution is 1.93. The minimum atomic E-state index is -1.16. The summed E-state index contributed by atoms with van der Waals surface area (Å²) >= 11 is 0. The molecule has 19 heavy (non-hydrogen) atoms. The second-order valence-electron chi connectivity index (χ2n) is 3.82. The van der Waals surface area contributed by atoms with Gasteiger partial charge in [0.25, 0.3) is 0 Å². The lowest BCUT2D eigenvalue weighted by atomic mass is 10.3. The van der Waals surface area contributed by atoms with Crippen molar-refractivity contribution in [3.63, 3.8) is 0 Å². The molecule has 8 heteroatoms.